The zero-order valence-electron chi connectivity index (χ0n) is 12.0. The number of nitrogens with one attached hydrogen (secondary N) is 1. The van der Waals surface area contributed by atoms with E-state index in [-0.39, 0.29) is 11.5 Å². The molecule has 0 spiro atoms. The third kappa shape index (κ3) is 3.99. The second-order valence-corrected chi connectivity index (χ2v) is 4.55. The number of rotatable bonds is 6. The molecule has 6 heteroatoms. The van der Waals surface area contributed by atoms with Crippen molar-refractivity contribution < 1.29 is 9.72 Å². The Hall–Kier alpha value is -3.02. The van der Waals surface area contributed by atoms with Crippen molar-refractivity contribution >= 4 is 17.2 Å². The Morgan fingerprint density at radius 2 is 1.86 bits per heavy atom. The molecule has 0 bridgehead atoms. The Morgan fingerprint density at radius 3 is 2.41 bits per heavy atom. The van der Waals surface area contributed by atoms with E-state index in [0.717, 1.165) is 5.70 Å². The number of ketones is 1. The molecule has 22 heavy (non-hydrogen) atoms. The lowest BCUT2D eigenvalue weighted by Gasteiger charge is -2.09. The number of nitrogens with zero attached hydrogens (tertiary/aromatic N) is 2. The summed E-state index contributed by atoms with van der Waals surface area (Å²) >= 11 is 0. The Bertz CT molecular complexity index is 694. The van der Waals surface area contributed by atoms with Crippen molar-refractivity contribution in [2.75, 3.05) is 5.32 Å². The summed E-state index contributed by atoms with van der Waals surface area (Å²) in [4.78, 5) is 26.2. The van der Waals surface area contributed by atoms with Crippen LogP contribution in [0.4, 0.5) is 11.4 Å². The van der Waals surface area contributed by atoms with Gasteiger partial charge in [0.2, 0.25) is 0 Å². The molecule has 0 saturated carbocycles. The normalized spacial score (nSPS) is 11.0. The molecule has 0 unspecified atom stereocenters. The molecule has 6 nitrogen and oxygen atoms in total. The predicted octanol–water partition coefficient (Wildman–Crippen LogP) is 3.58. The molecule has 0 radical (unpaired) electrons. The summed E-state index contributed by atoms with van der Waals surface area (Å²) in [5.41, 5.74) is 2.02. The van der Waals surface area contributed by atoms with E-state index in [2.05, 4.69) is 10.3 Å². The summed E-state index contributed by atoms with van der Waals surface area (Å²) in [6, 6.07) is 9.35. The molecule has 0 aliphatic rings. The standard InChI is InChI=1S/C16H15N3O3/c1-2-13(11-16(20)12-7-9-17-10-8-12)18-14-3-5-15(6-4-14)19(21)22/h3-11,18H,2H2,1H3/b13-11-. The largest absolute Gasteiger partial charge is 0.359 e. The van der Waals surface area contributed by atoms with Gasteiger partial charge in [-0.2, -0.15) is 0 Å². The smallest absolute Gasteiger partial charge is 0.269 e. The van der Waals surface area contributed by atoms with E-state index in [1.807, 2.05) is 6.92 Å². The van der Waals surface area contributed by atoms with Crippen LogP contribution in [0.5, 0.6) is 0 Å². The Labute approximate surface area is 127 Å². The number of allylic oxidation sites excluding steroid dienone is 2. The van der Waals surface area contributed by atoms with Gasteiger partial charge in [0, 0.05) is 47.6 Å². The molecular formula is C16H15N3O3. The molecule has 0 fully saturated rings. The van der Waals surface area contributed by atoms with Crippen LogP contribution in [0.2, 0.25) is 0 Å². The van der Waals surface area contributed by atoms with E-state index in [0.29, 0.717) is 17.7 Å². The topological polar surface area (TPSA) is 85.1 Å². The molecule has 0 aliphatic heterocycles. The van der Waals surface area contributed by atoms with E-state index in [4.69, 9.17) is 0 Å². The fraction of sp³-hybridized carbons (Fsp3) is 0.125. The number of benzene rings is 1. The van der Waals surface area contributed by atoms with Gasteiger partial charge in [-0.05, 0) is 30.7 Å². The Balaban J connectivity index is 2.13. The first kappa shape index (κ1) is 15.4. The monoisotopic (exact) mass is 297 g/mol. The van der Waals surface area contributed by atoms with Crippen molar-refractivity contribution in [3.8, 4) is 0 Å². The third-order valence-electron chi connectivity index (χ3n) is 3.03. The van der Waals surface area contributed by atoms with Crippen LogP contribution >= 0.6 is 0 Å². The number of nitro groups is 1. The number of carbonyl (C=O) groups is 1. The molecule has 112 valence electrons. The number of pyridine rings is 1. The van der Waals surface area contributed by atoms with Crippen molar-refractivity contribution in [3.05, 3.63) is 76.2 Å². The molecule has 0 amide bonds. The first-order valence-electron chi connectivity index (χ1n) is 6.76. The van der Waals surface area contributed by atoms with Crippen LogP contribution in [0.15, 0.2) is 60.6 Å². The van der Waals surface area contributed by atoms with Crippen LogP contribution < -0.4 is 5.32 Å². The van der Waals surface area contributed by atoms with Gasteiger partial charge in [-0.25, -0.2) is 0 Å². The minimum Gasteiger partial charge on any atom is -0.359 e. The van der Waals surface area contributed by atoms with Crippen LogP contribution in [0.3, 0.4) is 0 Å². The zero-order chi connectivity index (χ0) is 15.9. The number of hydrogen-bond donors (Lipinski definition) is 1. The van der Waals surface area contributed by atoms with Gasteiger partial charge in [-0.15, -0.1) is 0 Å². The molecule has 0 aliphatic carbocycles. The third-order valence-corrected chi connectivity index (χ3v) is 3.03. The van der Waals surface area contributed by atoms with E-state index < -0.39 is 4.92 Å². The molecular weight excluding hydrogens is 282 g/mol. The summed E-state index contributed by atoms with van der Waals surface area (Å²) in [6.45, 7) is 1.92. The van der Waals surface area contributed by atoms with Gasteiger partial charge in [-0.3, -0.25) is 19.9 Å². The zero-order valence-corrected chi connectivity index (χ0v) is 12.0. The average Bonchev–Trinajstić information content (AvgIpc) is 2.55. The molecule has 1 N–H and O–H groups in total. The summed E-state index contributed by atoms with van der Waals surface area (Å²) in [7, 11) is 0. The fourth-order valence-electron chi connectivity index (χ4n) is 1.84. The SMILES string of the molecule is CC/C(=C/C(=O)c1ccncc1)Nc1ccc([N+](=O)[O-])cc1. The highest BCUT2D eigenvalue weighted by molar-refractivity contribution is 6.05. The van der Waals surface area contributed by atoms with Gasteiger partial charge in [0.25, 0.3) is 5.69 Å². The number of carbonyl (C=O) groups excluding carboxylic acids is 1. The van der Waals surface area contributed by atoms with Crippen molar-refractivity contribution in [1.29, 1.82) is 0 Å². The molecule has 2 rings (SSSR count). The van der Waals surface area contributed by atoms with E-state index >= 15 is 0 Å². The maximum Gasteiger partial charge on any atom is 0.269 e. The van der Waals surface area contributed by atoms with Crippen molar-refractivity contribution in [2.24, 2.45) is 0 Å². The summed E-state index contributed by atoms with van der Waals surface area (Å²) in [5, 5.41) is 13.7. The van der Waals surface area contributed by atoms with Crippen molar-refractivity contribution in [3.63, 3.8) is 0 Å². The Morgan fingerprint density at radius 1 is 1.23 bits per heavy atom. The molecule has 2 aromatic rings. The first-order chi connectivity index (χ1) is 10.6. The van der Waals surface area contributed by atoms with E-state index in [1.165, 1.54) is 18.2 Å². The second kappa shape index (κ2) is 7.12. The maximum absolute atomic E-state index is 12.1. The lowest BCUT2D eigenvalue weighted by atomic mass is 10.1. The number of non-ortho nitro benzene ring substituents is 1. The van der Waals surface area contributed by atoms with Crippen LogP contribution in [0.25, 0.3) is 0 Å². The quantitative estimate of drug-likeness (QED) is 0.381. The minimum absolute atomic E-state index is 0.0282. The molecule has 0 saturated heterocycles. The fourth-order valence-corrected chi connectivity index (χ4v) is 1.84. The second-order valence-electron chi connectivity index (χ2n) is 4.55. The van der Waals surface area contributed by atoms with Crippen molar-refractivity contribution in [2.45, 2.75) is 13.3 Å². The number of aromatic nitrogens is 1. The Kier molecular flexibility index (Phi) is 4.98. The number of nitro benzene ring substituents is 1. The van der Waals surface area contributed by atoms with E-state index in [1.54, 1.807) is 36.7 Å². The van der Waals surface area contributed by atoms with Gasteiger partial charge < -0.3 is 5.32 Å². The first-order valence-corrected chi connectivity index (χ1v) is 6.76. The van der Waals surface area contributed by atoms with Gasteiger partial charge >= 0.3 is 0 Å². The minimum atomic E-state index is -0.451. The summed E-state index contributed by atoms with van der Waals surface area (Å²) in [5.74, 6) is -0.117. The van der Waals surface area contributed by atoms with E-state index in [9.17, 15) is 14.9 Å². The molecule has 0 atom stereocenters. The molecule has 1 aromatic carbocycles. The van der Waals surface area contributed by atoms with Gasteiger partial charge in [-0.1, -0.05) is 6.92 Å². The summed E-state index contributed by atoms with van der Waals surface area (Å²) < 4.78 is 0. The molecule has 1 aromatic heterocycles. The number of anilines is 1. The highest BCUT2D eigenvalue weighted by Gasteiger charge is 2.06. The molecule has 1 heterocycles. The average molecular weight is 297 g/mol. The van der Waals surface area contributed by atoms with Crippen LogP contribution in [-0.4, -0.2) is 15.7 Å². The number of hydrogen-bond acceptors (Lipinski definition) is 5. The van der Waals surface area contributed by atoms with Gasteiger partial charge in [0.15, 0.2) is 5.78 Å². The highest BCUT2D eigenvalue weighted by Crippen LogP contribution is 2.18. The van der Waals surface area contributed by atoms with Crippen LogP contribution in [-0.2, 0) is 0 Å². The lowest BCUT2D eigenvalue weighted by molar-refractivity contribution is -0.384. The van der Waals surface area contributed by atoms with Crippen LogP contribution in [0.1, 0.15) is 23.7 Å². The van der Waals surface area contributed by atoms with Crippen LogP contribution in [0, 0.1) is 10.1 Å². The predicted molar refractivity (Wildman–Crippen MR) is 83.7 cm³/mol. The highest BCUT2D eigenvalue weighted by atomic mass is 16.6. The van der Waals surface area contributed by atoms with Gasteiger partial charge in [0.05, 0.1) is 4.92 Å². The maximum atomic E-state index is 12.1. The lowest BCUT2D eigenvalue weighted by Crippen LogP contribution is -2.03. The van der Waals surface area contributed by atoms with Gasteiger partial charge in [0.1, 0.15) is 0 Å². The van der Waals surface area contributed by atoms with Crippen molar-refractivity contribution in [1.82, 2.24) is 4.98 Å². The summed E-state index contributed by atoms with van der Waals surface area (Å²) in [6.07, 6.45) is 5.29.